The number of hydrogen-bond acceptors (Lipinski definition) is 3. The Morgan fingerprint density at radius 3 is 2.32 bits per heavy atom. The van der Waals surface area contributed by atoms with Crippen LogP contribution in [0.15, 0.2) is 58.4 Å². The Bertz CT molecular complexity index is 718. The van der Waals surface area contributed by atoms with Crippen molar-refractivity contribution in [2.24, 2.45) is 4.99 Å². The summed E-state index contributed by atoms with van der Waals surface area (Å²) in [4.78, 5) is 4.66. The van der Waals surface area contributed by atoms with E-state index in [4.69, 9.17) is 0 Å². The first-order valence-corrected chi connectivity index (χ1v) is 7.76. The second-order valence-corrected chi connectivity index (χ2v) is 6.34. The third-order valence-electron chi connectivity index (χ3n) is 2.78. The van der Waals surface area contributed by atoms with Crippen LogP contribution in [0.5, 0.6) is 0 Å². The maximum absolute atomic E-state index is 11.7. The summed E-state index contributed by atoms with van der Waals surface area (Å²) in [5.74, 6) is 0. The van der Waals surface area contributed by atoms with E-state index >= 15 is 0 Å². The van der Waals surface area contributed by atoms with Gasteiger partial charge in [-0.15, -0.1) is 0 Å². The van der Waals surface area contributed by atoms with Crippen molar-refractivity contribution >= 4 is 21.7 Å². The minimum Gasteiger partial charge on any atom is -0.256 e. The van der Waals surface area contributed by atoms with Gasteiger partial charge in [0, 0.05) is 18.0 Å². The third-order valence-corrected chi connectivity index (χ3v) is 3.95. The molecule has 0 unspecified atom stereocenters. The lowest BCUT2D eigenvalue weighted by Crippen LogP contribution is -2.01. The minimum absolute atomic E-state index is 0.298. The molecule has 0 bridgehead atoms. The Morgan fingerprint density at radius 1 is 1.00 bits per heavy atom. The molecule has 2 aromatic rings. The molecule has 0 radical (unpaired) electrons. The molecule has 0 saturated heterocycles. The summed E-state index contributed by atoms with van der Waals surface area (Å²) in [7, 11) is -3.24. The van der Waals surface area contributed by atoms with Gasteiger partial charge in [-0.25, -0.2) is 8.42 Å². The zero-order valence-electron chi connectivity index (χ0n) is 10.9. The zero-order chi connectivity index (χ0) is 13.9. The van der Waals surface area contributed by atoms with Crippen LogP contribution in [0.4, 0.5) is 5.69 Å². The Hall–Kier alpha value is -1.94. The summed E-state index contributed by atoms with van der Waals surface area (Å²) in [5, 5.41) is 0. The van der Waals surface area contributed by atoms with E-state index in [9.17, 15) is 8.42 Å². The molecule has 0 aliphatic heterocycles. The highest BCUT2D eigenvalue weighted by atomic mass is 32.2. The molecule has 0 saturated carbocycles. The highest BCUT2D eigenvalue weighted by Crippen LogP contribution is 2.19. The summed E-state index contributed by atoms with van der Waals surface area (Å²) in [6, 6.07) is 14.6. The molecule has 0 fully saturated rings. The van der Waals surface area contributed by atoms with E-state index in [0.29, 0.717) is 10.5 Å². The molecule has 0 aliphatic rings. The number of rotatable bonds is 3. The van der Waals surface area contributed by atoms with Gasteiger partial charge in [-0.3, -0.25) is 4.99 Å². The zero-order valence-corrected chi connectivity index (χ0v) is 11.7. The molecule has 2 aromatic carbocycles. The van der Waals surface area contributed by atoms with Crippen LogP contribution in [0.3, 0.4) is 0 Å². The Balaban J connectivity index is 2.43. The Morgan fingerprint density at radius 2 is 1.63 bits per heavy atom. The number of sulfone groups is 1. The van der Waals surface area contributed by atoms with Gasteiger partial charge in [-0.2, -0.15) is 0 Å². The largest absolute Gasteiger partial charge is 0.256 e. The normalized spacial score (nSPS) is 11.9. The molecule has 19 heavy (non-hydrogen) atoms. The van der Waals surface area contributed by atoms with Gasteiger partial charge in [-0.05, 0) is 24.6 Å². The van der Waals surface area contributed by atoms with Gasteiger partial charge >= 0.3 is 0 Å². The van der Waals surface area contributed by atoms with Crippen molar-refractivity contribution in [1.29, 1.82) is 0 Å². The lowest BCUT2D eigenvalue weighted by Gasteiger charge is -2.03. The quantitative estimate of drug-likeness (QED) is 0.806. The van der Waals surface area contributed by atoms with E-state index in [1.54, 1.807) is 30.5 Å². The predicted octanol–water partition coefficient (Wildman–Crippen LogP) is 3.15. The molecule has 0 aliphatic carbocycles. The lowest BCUT2D eigenvalue weighted by atomic mass is 10.2. The van der Waals surface area contributed by atoms with E-state index in [-0.39, 0.29) is 0 Å². The number of nitrogens with zero attached hydrogens (tertiary/aromatic N) is 1. The van der Waals surface area contributed by atoms with Crippen LogP contribution in [0, 0.1) is 6.92 Å². The Kier molecular flexibility index (Phi) is 3.81. The standard InChI is InChI=1S/C15H15NO2S/c1-12-7-3-5-9-14(12)16-11-13-8-4-6-10-15(13)19(2,17)18/h3-11H,1-2H3. The van der Waals surface area contributed by atoms with Crippen molar-refractivity contribution in [3.05, 3.63) is 59.7 Å². The van der Waals surface area contributed by atoms with Crippen LogP contribution in [0.25, 0.3) is 0 Å². The van der Waals surface area contributed by atoms with Gasteiger partial charge < -0.3 is 0 Å². The average molecular weight is 273 g/mol. The van der Waals surface area contributed by atoms with Crippen molar-refractivity contribution in [3.63, 3.8) is 0 Å². The Labute approximate surface area is 113 Å². The SMILES string of the molecule is Cc1ccccc1N=Cc1ccccc1S(C)(=O)=O. The van der Waals surface area contributed by atoms with Crippen molar-refractivity contribution in [2.75, 3.05) is 6.26 Å². The van der Waals surface area contributed by atoms with Crippen LogP contribution < -0.4 is 0 Å². The first-order chi connectivity index (χ1) is 8.98. The molecule has 4 heteroatoms. The van der Waals surface area contributed by atoms with Gasteiger partial charge in [0.1, 0.15) is 0 Å². The van der Waals surface area contributed by atoms with E-state index in [1.165, 1.54) is 6.26 Å². The molecule has 0 heterocycles. The first-order valence-electron chi connectivity index (χ1n) is 5.87. The second-order valence-electron chi connectivity index (χ2n) is 4.35. The monoisotopic (exact) mass is 273 g/mol. The summed E-state index contributed by atoms with van der Waals surface area (Å²) in [6.07, 6.45) is 2.80. The van der Waals surface area contributed by atoms with Crippen molar-refractivity contribution < 1.29 is 8.42 Å². The molecule has 3 nitrogen and oxygen atoms in total. The summed E-state index contributed by atoms with van der Waals surface area (Å²) in [6.45, 7) is 1.97. The van der Waals surface area contributed by atoms with Crippen LogP contribution in [-0.4, -0.2) is 20.9 Å². The van der Waals surface area contributed by atoms with Gasteiger partial charge in [0.05, 0.1) is 10.6 Å². The van der Waals surface area contributed by atoms with Crippen molar-refractivity contribution in [2.45, 2.75) is 11.8 Å². The number of aryl methyl sites for hydroxylation is 1. The van der Waals surface area contributed by atoms with Crippen molar-refractivity contribution in [3.8, 4) is 0 Å². The molecule has 98 valence electrons. The number of benzene rings is 2. The van der Waals surface area contributed by atoms with Gasteiger partial charge in [0.25, 0.3) is 0 Å². The predicted molar refractivity (Wildman–Crippen MR) is 78.0 cm³/mol. The smallest absolute Gasteiger partial charge is 0.176 e. The molecule has 0 spiro atoms. The fourth-order valence-corrected chi connectivity index (χ4v) is 2.65. The highest BCUT2D eigenvalue weighted by molar-refractivity contribution is 7.90. The molecule has 0 atom stereocenters. The average Bonchev–Trinajstić information content (AvgIpc) is 2.37. The molecule has 0 amide bonds. The highest BCUT2D eigenvalue weighted by Gasteiger charge is 2.10. The van der Waals surface area contributed by atoms with Gasteiger partial charge in [0.2, 0.25) is 0 Å². The van der Waals surface area contributed by atoms with Crippen LogP contribution in [0.2, 0.25) is 0 Å². The third kappa shape index (κ3) is 3.29. The maximum atomic E-state index is 11.7. The van der Waals surface area contributed by atoms with E-state index in [2.05, 4.69) is 4.99 Å². The van der Waals surface area contributed by atoms with Gasteiger partial charge in [0.15, 0.2) is 9.84 Å². The summed E-state index contributed by atoms with van der Waals surface area (Å²) in [5.41, 5.74) is 2.50. The fraction of sp³-hybridized carbons (Fsp3) is 0.133. The summed E-state index contributed by atoms with van der Waals surface area (Å²) >= 11 is 0. The number of aliphatic imine (C=N–C) groups is 1. The molecule has 0 N–H and O–H groups in total. The van der Waals surface area contributed by atoms with E-state index < -0.39 is 9.84 Å². The van der Waals surface area contributed by atoms with Crippen LogP contribution >= 0.6 is 0 Å². The second kappa shape index (κ2) is 5.36. The molecular formula is C15H15NO2S. The first kappa shape index (κ1) is 13.5. The van der Waals surface area contributed by atoms with Crippen LogP contribution in [0.1, 0.15) is 11.1 Å². The van der Waals surface area contributed by atoms with Crippen LogP contribution in [-0.2, 0) is 9.84 Å². The van der Waals surface area contributed by atoms with E-state index in [0.717, 1.165) is 11.3 Å². The number of hydrogen-bond donors (Lipinski definition) is 0. The molecular weight excluding hydrogens is 258 g/mol. The molecule has 0 aromatic heterocycles. The minimum atomic E-state index is -3.24. The van der Waals surface area contributed by atoms with Crippen molar-refractivity contribution in [1.82, 2.24) is 0 Å². The molecule has 2 rings (SSSR count). The number of para-hydroxylation sites is 1. The topological polar surface area (TPSA) is 46.5 Å². The summed E-state index contributed by atoms with van der Waals surface area (Å²) < 4.78 is 23.3. The van der Waals surface area contributed by atoms with E-state index in [1.807, 2.05) is 31.2 Å². The lowest BCUT2D eigenvalue weighted by molar-refractivity contribution is 0.602. The maximum Gasteiger partial charge on any atom is 0.176 e. The van der Waals surface area contributed by atoms with Gasteiger partial charge in [-0.1, -0.05) is 36.4 Å². The fourth-order valence-electron chi connectivity index (χ4n) is 1.77.